The van der Waals surface area contributed by atoms with Crippen LogP contribution in [0.4, 0.5) is 0 Å². The van der Waals surface area contributed by atoms with Gasteiger partial charge in [-0.15, -0.1) is 0 Å². The van der Waals surface area contributed by atoms with Crippen LogP contribution in [-0.2, 0) is 0 Å². The van der Waals surface area contributed by atoms with E-state index in [0.717, 1.165) is 16.7 Å². The van der Waals surface area contributed by atoms with Crippen LogP contribution >= 0.6 is 0 Å². The van der Waals surface area contributed by atoms with Gasteiger partial charge in [-0.25, -0.2) is 9.78 Å². The van der Waals surface area contributed by atoms with E-state index in [4.69, 9.17) is 5.11 Å². The molecule has 18 heavy (non-hydrogen) atoms. The average Bonchev–Trinajstić information content (AvgIpc) is 2.83. The molecule has 2 heterocycles. The minimum absolute atomic E-state index is 0.308. The number of hydrogen-bond acceptors (Lipinski definition) is 2. The Morgan fingerprint density at radius 1 is 1.11 bits per heavy atom. The molecule has 1 aromatic carbocycles. The Morgan fingerprint density at radius 2 is 2.00 bits per heavy atom. The first kappa shape index (κ1) is 10.5. The van der Waals surface area contributed by atoms with Gasteiger partial charge in [-0.1, -0.05) is 12.1 Å². The maximum Gasteiger partial charge on any atom is 0.336 e. The third kappa shape index (κ3) is 1.55. The van der Waals surface area contributed by atoms with E-state index in [1.165, 1.54) is 0 Å². The standard InChI is InChI=1S/C14H10N2O2/c17-14(18)11-4-3-5-12-10(11)7-9-16(12)13-6-1-2-8-15-13/h1-9H,(H,17,18). The molecule has 4 heteroatoms. The highest BCUT2D eigenvalue weighted by atomic mass is 16.4. The summed E-state index contributed by atoms with van der Waals surface area (Å²) < 4.78 is 1.88. The second kappa shape index (κ2) is 4.00. The number of aromatic nitrogens is 2. The number of benzene rings is 1. The molecule has 0 aliphatic heterocycles. The van der Waals surface area contributed by atoms with Crippen LogP contribution in [0, 0.1) is 0 Å². The first-order valence-electron chi connectivity index (χ1n) is 5.52. The molecule has 0 bridgehead atoms. The monoisotopic (exact) mass is 238 g/mol. The third-order valence-corrected chi connectivity index (χ3v) is 2.86. The smallest absolute Gasteiger partial charge is 0.336 e. The zero-order chi connectivity index (χ0) is 12.5. The molecule has 0 spiro atoms. The maximum atomic E-state index is 11.1. The minimum Gasteiger partial charge on any atom is -0.478 e. The minimum atomic E-state index is -0.917. The molecule has 3 aromatic rings. The first-order valence-corrected chi connectivity index (χ1v) is 5.52. The van der Waals surface area contributed by atoms with Crippen LogP contribution in [0.5, 0.6) is 0 Å². The Bertz CT molecular complexity index is 717. The van der Waals surface area contributed by atoms with Crippen LogP contribution in [0.2, 0.25) is 0 Å². The summed E-state index contributed by atoms with van der Waals surface area (Å²) in [5.41, 5.74) is 1.15. The third-order valence-electron chi connectivity index (χ3n) is 2.86. The highest BCUT2D eigenvalue weighted by Gasteiger charge is 2.11. The lowest BCUT2D eigenvalue weighted by molar-refractivity contribution is 0.0699. The zero-order valence-corrected chi connectivity index (χ0v) is 9.45. The van der Waals surface area contributed by atoms with E-state index in [2.05, 4.69) is 4.98 Å². The van der Waals surface area contributed by atoms with Crippen LogP contribution < -0.4 is 0 Å². The van der Waals surface area contributed by atoms with Crippen molar-refractivity contribution in [3.8, 4) is 5.82 Å². The molecule has 0 saturated carbocycles. The molecule has 0 saturated heterocycles. The fraction of sp³-hybridized carbons (Fsp3) is 0. The van der Waals surface area contributed by atoms with Gasteiger partial charge in [0.25, 0.3) is 0 Å². The molecule has 0 unspecified atom stereocenters. The lowest BCUT2D eigenvalue weighted by Gasteiger charge is -2.04. The number of carboxylic acids is 1. The van der Waals surface area contributed by atoms with E-state index < -0.39 is 5.97 Å². The summed E-state index contributed by atoms with van der Waals surface area (Å²) in [5.74, 6) is -0.144. The second-order valence-electron chi connectivity index (χ2n) is 3.92. The van der Waals surface area contributed by atoms with Gasteiger partial charge in [-0.05, 0) is 30.3 Å². The van der Waals surface area contributed by atoms with Gasteiger partial charge in [0.15, 0.2) is 0 Å². The van der Waals surface area contributed by atoms with E-state index in [0.29, 0.717) is 5.56 Å². The van der Waals surface area contributed by atoms with E-state index in [1.807, 2.05) is 35.0 Å². The van der Waals surface area contributed by atoms with Gasteiger partial charge >= 0.3 is 5.97 Å². The van der Waals surface area contributed by atoms with Crippen LogP contribution in [0.1, 0.15) is 10.4 Å². The lowest BCUT2D eigenvalue weighted by atomic mass is 10.1. The van der Waals surface area contributed by atoms with Crippen molar-refractivity contribution in [2.45, 2.75) is 0 Å². The molecule has 1 N–H and O–H groups in total. The van der Waals surface area contributed by atoms with Crippen molar-refractivity contribution < 1.29 is 9.90 Å². The van der Waals surface area contributed by atoms with E-state index >= 15 is 0 Å². The molecule has 0 aliphatic rings. The normalized spacial score (nSPS) is 10.7. The number of fused-ring (bicyclic) bond motifs is 1. The van der Waals surface area contributed by atoms with Gasteiger partial charge in [0.05, 0.1) is 11.1 Å². The van der Waals surface area contributed by atoms with Crippen molar-refractivity contribution in [3.05, 3.63) is 60.4 Å². The SMILES string of the molecule is O=C(O)c1cccc2c1ccn2-c1ccccn1. The Hall–Kier alpha value is -2.62. The fourth-order valence-electron chi connectivity index (χ4n) is 2.05. The van der Waals surface area contributed by atoms with E-state index in [9.17, 15) is 4.79 Å². The number of aromatic carboxylic acids is 1. The number of hydrogen-bond donors (Lipinski definition) is 1. The summed E-state index contributed by atoms with van der Waals surface area (Å²) in [6, 6.07) is 12.7. The summed E-state index contributed by atoms with van der Waals surface area (Å²) in [7, 11) is 0. The van der Waals surface area contributed by atoms with Gasteiger partial charge < -0.3 is 9.67 Å². The Kier molecular flexibility index (Phi) is 2.34. The Morgan fingerprint density at radius 3 is 2.72 bits per heavy atom. The van der Waals surface area contributed by atoms with Gasteiger partial charge in [0.2, 0.25) is 0 Å². The topological polar surface area (TPSA) is 55.1 Å². The van der Waals surface area contributed by atoms with E-state index in [-0.39, 0.29) is 0 Å². The number of carboxylic acid groups (broad SMARTS) is 1. The number of carbonyl (C=O) groups is 1. The number of pyridine rings is 1. The summed E-state index contributed by atoms with van der Waals surface area (Å²) in [6.07, 6.45) is 3.54. The van der Waals surface area contributed by atoms with Crippen LogP contribution in [0.25, 0.3) is 16.7 Å². The summed E-state index contributed by atoms with van der Waals surface area (Å²) in [4.78, 5) is 15.4. The Balaban J connectivity index is 2.28. The van der Waals surface area contributed by atoms with Gasteiger partial charge in [-0.3, -0.25) is 0 Å². The van der Waals surface area contributed by atoms with Gasteiger partial charge in [-0.2, -0.15) is 0 Å². The van der Waals surface area contributed by atoms with Crippen LogP contribution in [-0.4, -0.2) is 20.6 Å². The largest absolute Gasteiger partial charge is 0.478 e. The van der Waals surface area contributed by atoms with Crippen molar-refractivity contribution in [1.82, 2.24) is 9.55 Å². The average molecular weight is 238 g/mol. The van der Waals surface area contributed by atoms with Crippen molar-refractivity contribution in [2.24, 2.45) is 0 Å². The van der Waals surface area contributed by atoms with Crippen molar-refractivity contribution in [2.75, 3.05) is 0 Å². The van der Waals surface area contributed by atoms with Gasteiger partial charge in [0.1, 0.15) is 5.82 Å². The number of nitrogens with zero attached hydrogens (tertiary/aromatic N) is 2. The van der Waals surface area contributed by atoms with Crippen molar-refractivity contribution in [3.63, 3.8) is 0 Å². The fourth-order valence-corrected chi connectivity index (χ4v) is 2.05. The molecule has 0 fully saturated rings. The molecule has 3 rings (SSSR count). The Labute approximate surface area is 103 Å². The van der Waals surface area contributed by atoms with Crippen molar-refractivity contribution >= 4 is 16.9 Å². The second-order valence-corrected chi connectivity index (χ2v) is 3.92. The lowest BCUT2D eigenvalue weighted by Crippen LogP contribution is -1.98. The molecule has 0 amide bonds. The molecule has 88 valence electrons. The molecular formula is C14H10N2O2. The molecular weight excluding hydrogens is 228 g/mol. The van der Waals surface area contributed by atoms with Gasteiger partial charge in [0, 0.05) is 17.8 Å². The quantitative estimate of drug-likeness (QED) is 0.746. The summed E-state index contributed by atoms with van der Waals surface area (Å²) in [6.45, 7) is 0. The molecule has 0 aliphatic carbocycles. The molecule has 2 aromatic heterocycles. The predicted molar refractivity (Wildman–Crippen MR) is 68.0 cm³/mol. The molecule has 4 nitrogen and oxygen atoms in total. The van der Waals surface area contributed by atoms with Crippen LogP contribution in [0.3, 0.4) is 0 Å². The maximum absolute atomic E-state index is 11.1. The van der Waals surface area contributed by atoms with Crippen molar-refractivity contribution in [1.29, 1.82) is 0 Å². The van der Waals surface area contributed by atoms with E-state index in [1.54, 1.807) is 24.4 Å². The first-order chi connectivity index (χ1) is 8.77. The molecule has 0 radical (unpaired) electrons. The summed E-state index contributed by atoms with van der Waals surface area (Å²) >= 11 is 0. The number of rotatable bonds is 2. The van der Waals surface area contributed by atoms with Crippen LogP contribution in [0.15, 0.2) is 54.9 Å². The predicted octanol–water partition coefficient (Wildman–Crippen LogP) is 2.72. The summed E-state index contributed by atoms with van der Waals surface area (Å²) in [5, 5.41) is 9.86. The highest BCUT2D eigenvalue weighted by Crippen LogP contribution is 2.22. The zero-order valence-electron chi connectivity index (χ0n) is 9.45. The molecule has 0 atom stereocenters. The highest BCUT2D eigenvalue weighted by molar-refractivity contribution is 6.03.